The predicted octanol–water partition coefficient (Wildman–Crippen LogP) is 3.43. The summed E-state index contributed by atoms with van der Waals surface area (Å²) in [6.45, 7) is 3.98. The van der Waals surface area contributed by atoms with Crippen molar-refractivity contribution in [3.05, 3.63) is 52.9 Å². The van der Waals surface area contributed by atoms with E-state index in [0.29, 0.717) is 0 Å². The van der Waals surface area contributed by atoms with Gasteiger partial charge in [-0.2, -0.15) is 0 Å². The molecule has 0 spiro atoms. The number of imidazole rings is 1. The number of aryl methyl sites for hydroxylation is 1. The van der Waals surface area contributed by atoms with Crippen molar-refractivity contribution < 1.29 is 0 Å². The molecule has 1 N–H and O–H groups in total. The zero-order chi connectivity index (χ0) is 13.9. The SMILES string of the molecule is CCc1nccn1Cc1c(CNC)sc2ccccc12. The van der Waals surface area contributed by atoms with Gasteiger partial charge in [0.2, 0.25) is 0 Å². The summed E-state index contributed by atoms with van der Waals surface area (Å²) in [7, 11) is 2.00. The van der Waals surface area contributed by atoms with E-state index in [1.165, 1.54) is 20.5 Å². The van der Waals surface area contributed by atoms with E-state index in [9.17, 15) is 0 Å². The molecule has 0 saturated heterocycles. The summed E-state index contributed by atoms with van der Waals surface area (Å²) in [4.78, 5) is 5.84. The van der Waals surface area contributed by atoms with Crippen molar-refractivity contribution in [2.24, 2.45) is 0 Å². The number of benzene rings is 1. The Bertz CT molecular complexity index is 711. The highest BCUT2D eigenvalue weighted by Crippen LogP contribution is 2.32. The first-order chi connectivity index (χ1) is 9.83. The van der Waals surface area contributed by atoms with E-state index >= 15 is 0 Å². The average molecular weight is 285 g/mol. The van der Waals surface area contributed by atoms with Crippen molar-refractivity contribution >= 4 is 21.4 Å². The first kappa shape index (κ1) is 13.3. The Morgan fingerprint density at radius 3 is 2.95 bits per heavy atom. The topological polar surface area (TPSA) is 29.9 Å². The highest BCUT2D eigenvalue weighted by molar-refractivity contribution is 7.19. The second kappa shape index (κ2) is 5.77. The van der Waals surface area contributed by atoms with Gasteiger partial charge in [-0.3, -0.25) is 0 Å². The molecule has 2 aromatic heterocycles. The second-order valence-electron chi connectivity index (χ2n) is 4.86. The van der Waals surface area contributed by atoms with Crippen LogP contribution in [0.2, 0.25) is 0 Å². The molecule has 0 aliphatic heterocycles. The van der Waals surface area contributed by atoms with Gasteiger partial charge in [0.05, 0.1) is 6.54 Å². The summed E-state index contributed by atoms with van der Waals surface area (Å²) in [5, 5.41) is 4.65. The van der Waals surface area contributed by atoms with Crippen molar-refractivity contribution in [3.63, 3.8) is 0 Å². The van der Waals surface area contributed by atoms with Crippen LogP contribution in [0, 0.1) is 0 Å². The monoisotopic (exact) mass is 285 g/mol. The standard InChI is InChI=1S/C16H19N3S/c1-3-16-18-8-9-19(16)11-13-12-6-4-5-7-14(12)20-15(13)10-17-2/h4-9,17H,3,10-11H2,1-2H3. The first-order valence-electron chi connectivity index (χ1n) is 6.97. The molecular formula is C16H19N3S. The summed E-state index contributed by atoms with van der Waals surface area (Å²) in [5.41, 5.74) is 1.42. The maximum Gasteiger partial charge on any atom is 0.108 e. The van der Waals surface area contributed by atoms with Gasteiger partial charge < -0.3 is 9.88 Å². The van der Waals surface area contributed by atoms with Gasteiger partial charge in [0.1, 0.15) is 5.82 Å². The van der Waals surface area contributed by atoms with Gasteiger partial charge in [-0.15, -0.1) is 11.3 Å². The Morgan fingerprint density at radius 1 is 1.30 bits per heavy atom. The third kappa shape index (κ3) is 2.37. The molecule has 2 heterocycles. The summed E-state index contributed by atoms with van der Waals surface area (Å²) in [6, 6.07) is 8.66. The molecule has 3 aromatic rings. The number of rotatable bonds is 5. The van der Waals surface area contributed by atoms with E-state index in [1.807, 2.05) is 24.6 Å². The van der Waals surface area contributed by atoms with Gasteiger partial charge in [0, 0.05) is 34.9 Å². The molecule has 20 heavy (non-hydrogen) atoms. The van der Waals surface area contributed by atoms with Crippen LogP contribution in [-0.2, 0) is 19.5 Å². The lowest BCUT2D eigenvalue weighted by molar-refractivity contribution is 0.724. The van der Waals surface area contributed by atoms with Gasteiger partial charge in [-0.1, -0.05) is 25.1 Å². The molecule has 1 aromatic carbocycles. The average Bonchev–Trinajstić information content (AvgIpc) is 3.05. The normalized spacial score (nSPS) is 11.3. The molecule has 0 fully saturated rings. The number of thiophene rings is 1. The minimum atomic E-state index is 0.907. The molecule has 0 amide bonds. The zero-order valence-electron chi connectivity index (χ0n) is 11.9. The fourth-order valence-corrected chi connectivity index (χ4v) is 3.82. The van der Waals surface area contributed by atoms with E-state index in [2.05, 4.69) is 52.3 Å². The Kier molecular flexibility index (Phi) is 3.85. The number of aromatic nitrogens is 2. The Balaban J connectivity index is 2.06. The van der Waals surface area contributed by atoms with Gasteiger partial charge in [0.25, 0.3) is 0 Å². The van der Waals surface area contributed by atoms with E-state index in [4.69, 9.17) is 0 Å². The molecule has 0 unspecified atom stereocenters. The lowest BCUT2D eigenvalue weighted by atomic mass is 10.1. The zero-order valence-corrected chi connectivity index (χ0v) is 12.7. The molecule has 0 saturated carbocycles. The van der Waals surface area contributed by atoms with Crippen LogP contribution < -0.4 is 5.32 Å². The lowest BCUT2D eigenvalue weighted by Crippen LogP contribution is -2.09. The van der Waals surface area contributed by atoms with Crippen molar-refractivity contribution in [1.29, 1.82) is 0 Å². The minimum absolute atomic E-state index is 0.907. The molecule has 0 aliphatic rings. The van der Waals surface area contributed by atoms with Crippen LogP contribution in [0.15, 0.2) is 36.7 Å². The quantitative estimate of drug-likeness (QED) is 0.778. The molecular weight excluding hydrogens is 266 g/mol. The molecule has 0 atom stereocenters. The summed E-state index contributed by atoms with van der Waals surface area (Å²) >= 11 is 1.89. The van der Waals surface area contributed by atoms with E-state index in [-0.39, 0.29) is 0 Å². The summed E-state index contributed by atoms with van der Waals surface area (Å²) in [6.07, 6.45) is 4.94. The van der Waals surface area contributed by atoms with Crippen LogP contribution in [0.1, 0.15) is 23.2 Å². The number of hydrogen-bond donors (Lipinski definition) is 1. The van der Waals surface area contributed by atoms with E-state index in [1.54, 1.807) is 0 Å². The van der Waals surface area contributed by atoms with Crippen molar-refractivity contribution in [1.82, 2.24) is 14.9 Å². The van der Waals surface area contributed by atoms with Gasteiger partial charge in [0.15, 0.2) is 0 Å². The lowest BCUT2D eigenvalue weighted by Gasteiger charge is -2.08. The van der Waals surface area contributed by atoms with E-state index in [0.717, 1.165) is 25.3 Å². The minimum Gasteiger partial charge on any atom is -0.330 e. The van der Waals surface area contributed by atoms with Crippen LogP contribution in [0.4, 0.5) is 0 Å². The number of nitrogens with zero attached hydrogens (tertiary/aromatic N) is 2. The van der Waals surface area contributed by atoms with Crippen LogP contribution in [0.5, 0.6) is 0 Å². The fraction of sp³-hybridized carbons (Fsp3) is 0.312. The highest BCUT2D eigenvalue weighted by Gasteiger charge is 2.12. The van der Waals surface area contributed by atoms with Crippen molar-refractivity contribution in [2.45, 2.75) is 26.4 Å². The largest absolute Gasteiger partial charge is 0.330 e. The van der Waals surface area contributed by atoms with Gasteiger partial charge >= 0.3 is 0 Å². The van der Waals surface area contributed by atoms with Crippen molar-refractivity contribution in [2.75, 3.05) is 7.05 Å². The summed E-state index contributed by atoms with van der Waals surface area (Å²) < 4.78 is 3.62. The molecule has 3 rings (SSSR count). The molecule has 0 radical (unpaired) electrons. The van der Waals surface area contributed by atoms with Gasteiger partial charge in [-0.05, 0) is 24.1 Å². The Hall–Kier alpha value is -1.65. The summed E-state index contributed by atoms with van der Waals surface area (Å²) in [5.74, 6) is 1.15. The van der Waals surface area contributed by atoms with Gasteiger partial charge in [-0.25, -0.2) is 4.98 Å². The first-order valence-corrected chi connectivity index (χ1v) is 7.79. The molecule has 4 heteroatoms. The third-order valence-corrected chi connectivity index (χ3v) is 4.78. The molecule has 0 aliphatic carbocycles. The predicted molar refractivity (Wildman–Crippen MR) is 85.3 cm³/mol. The Morgan fingerprint density at radius 2 is 2.15 bits per heavy atom. The van der Waals surface area contributed by atoms with Crippen LogP contribution >= 0.6 is 11.3 Å². The van der Waals surface area contributed by atoms with Crippen LogP contribution in [0.25, 0.3) is 10.1 Å². The highest BCUT2D eigenvalue weighted by atomic mass is 32.1. The van der Waals surface area contributed by atoms with E-state index < -0.39 is 0 Å². The van der Waals surface area contributed by atoms with Crippen molar-refractivity contribution in [3.8, 4) is 0 Å². The fourth-order valence-electron chi connectivity index (χ4n) is 2.59. The van der Waals surface area contributed by atoms with Crippen LogP contribution in [-0.4, -0.2) is 16.6 Å². The number of fused-ring (bicyclic) bond motifs is 1. The molecule has 3 nitrogen and oxygen atoms in total. The molecule has 0 bridgehead atoms. The Labute approximate surface area is 123 Å². The third-order valence-electron chi connectivity index (χ3n) is 3.57. The number of hydrogen-bond acceptors (Lipinski definition) is 3. The molecule has 104 valence electrons. The maximum absolute atomic E-state index is 4.42. The maximum atomic E-state index is 4.42. The second-order valence-corrected chi connectivity index (χ2v) is 5.99. The number of nitrogens with one attached hydrogen (secondary N) is 1. The van der Waals surface area contributed by atoms with Crippen LogP contribution in [0.3, 0.4) is 0 Å². The smallest absolute Gasteiger partial charge is 0.108 e.